The number of ether oxygens (including phenoxy) is 2. The minimum atomic E-state index is -0.197. The van der Waals surface area contributed by atoms with Gasteiger partial charge in [-0.25, -0.2) is 0 Å². The second kappa shape index (κ2) is 6.80. The first kappa shape index (κ1) is 16.7. The van der Waals surface area contributed by atoms with E-state index in [1.807, 2.05) is 26.0 Å². The molecule has 0 aromatic heterocycles. The summed E-state index contributed by atoms with van der Waals surface area (Å²) >= 11 is 0. The van der Waals surface area contributed by atoms with Gasteiger partial charge in [0, 0.05) is 0 Å². The summed E-state index contributed by atoms with van der Waals surface area (Å²) in [6.07, 6.45) is 3.28. The highest BCUT2D eigenvalue weighted by molar-refractivity contribution is 5.81. The molecule has 0 radical (unpaired) electrons. The molecule has 4 atom stereocenters. The molecule has 2 saturated carbocycles. The van der Waals surface area contributed by atoms with E-state index in [1.165, 1.54) is 0 Å². The number of benzene rings is 1. The number of hydrogen-bond donors (Lipinski definition) is 0. The third-order valence-corrected chi connectivity index (χ3v) is 5.09. The summed E-state index contributed by atoms with van der Waals surface area (Å²) in [6, 6.07) is 6.16. The molecule has 3 rings (SSSR count). The summed E-state index contributed by atoms with van der Waals surface area (Å²) in [5, 5.41) is 0. The Morgan fingerprint density at radius 1 is 1.12 bits per heavy atom. The van der Waals surface area contributed by atoms with Gasteiger partial charge in [0.1, 0.15) is 13.2 Å². The summed E-state index contributed by atoms with van der Waals surface area (Å²) < 4.78 is 10.6. The number of rotatable bonds is 6. The zero-order valence-corrected chi connectivity index (χ0v) is 14.3. The van der Waals surface area contributed by atoms with Gasteiger partial charge < -0.3 is 9.47 Å². The first-order valence-corrected chi connectivity index (χ1v) is 8.52. The van der Waals surface area contributed by atoms with Crippen LogP contribution in [0.2, 0.25) is 0 Å². The van der Waals surface area contributed by atoms with Gasteiger partial charge in [-0.05, 0) is 44.1 Å². The van der Waals surface area contributed by atoms with Crippen LogP contribution in [0.3, 0.4) is 0 Å². The van der Waals surface area contributed by atoms with Gasteiger partial charge >= 0.3 is 11.9 Å². The monoisotopic (exact) mass is 328 g/mol. The van der Waals surface area contributed by atoms with Crippen molar-refractivity contribution < 1.29 is 19.1 Å². The van der Waals surface area contributed by atoms with Gasteiger partial charge in [0.05, 0.1) is 11.8 Å². The molecule has 0 heterocycles. The Balaban J connectivity index is 1.54. The fourth-order valence-corrected chi connectivity index (χ4v) is 4.14. The van der Waals surface area contributed by atoms with E-state index in [9.17, 15) is 9.59 Å². The number of hydrogen-bond acceptors (Lipinski definition) is 4. The molecular formula is C20H24O4. The van der Waals surface area contributed by atoms with E-state index in [0.29, 0.717) is 12.5 Å². The van der Waals surface area contributed by atoms with Crippen LogP contribution in [-0.2, 0) is 25.7 Å². The second-order valence-corrected chi connectivity index (χ2v) is 6.97. The van der Waals surface area contributed by atoms with Crippen molar-refractivity contribution in [2.24, 2.45) is 23.7 Å². The average molecular weight is 328 g/mol. The average Bonchev–Trinajstić information content (AvgIpc) is 3.09. The van der Waals surface area contributed by atoms with Crippen molar-refractivity contribution >= 4 is 11.9 Å². The Hall–Kier alpha value is -2.10. The smallest absolute Gasteiger partial charge is 0.309 e. The molecule has 1 aromatic carbocycles. The van der Waals surface area contributed by atoms with Crippen LogP contribution in [0.25, 0.3) is 0 Å². The SMILES string of the molecule is C=CCOC(=O)C1C2CCC(C(=O)OCc3cc(C)cc(C)c3)C21. The number of esters is 2. The van der Waals surface area contributed by atoms with Crippen molar-refractivity contribution in [3.05, 3.63) is 47.5 Å². The first-order valence-electron chi connectivity index (χ1n) is 8.52. The van der Waals surface area contributed by atoms with Crippen molar-refractivity contribution in [2.75, 3.05) is 6.61 Å². The molecule has 0 saturated heterocycles. The fourth-order valence-electron chi connectivity index (χ4n) is 4.14. The molecule has 4 nitrogen and oxygen atoms in total. The Morgan fingerprint density at radius 2 is 1.83 bits per heavy atom. The van der Waals surface area contributed by atoms with Crippen molar-refractivity contribution in [1.29, 1.82) is 0 Å². The first-order chi connectivity index (χ1) is 11.5. The van der Waals surface area contributed by atoms with Gasteiger partial charge in [0.25, 0.3) is 0 Å². The van der Waals surface area contributed by atoms with Crippen LogP contribution in [0.5, 0.6) is 0 Å². The molecular weight excluding hydrogens is 304 g/mol. The molecule has 4 heteroatoms. The molecule has 2 fully saturated rings. The van der Waals surface area contributed by atoms with Crippen molar-refractivity contribution in [3.8, 4) is 0 Å². The number of aryl methyl sites for hydroxylation is 2. The minimum absolute atomic E-state index is 0.106. The van der Waals surface area contributed by atoms with Gasteiger partial charge in [-0.1, -0.05) is 42.0 Å². The molecule has 0 bridgehead atoms. The van der Waals surface area contributed by atoms with Crippen molar-refractivity contribution in [1.82, 2.24) is 0 Å². The van der Waals surface area contributed by atoms with Crippen LogP contribution in [0.15, 0.2) is 30.9 Å². The molecule has 4 unspecified atom stereocenters. The standard InChI is InChI=1S/C20H24O4/c1-4-7-23-20(22)18-15-5-6-16(17(15)18)19(21)24-11-14-9-12(2)8-13(3)10-14/h4,8-10,15-18H,1,5-7,11H2,2-3H3. The molecule has 128 valence electrons. The normalized spacial score (nSPS) is 27.2. The number of carbonyl (C=O) groups excluding carboxylic acids is 2. The Morgan fingerprint density at radius 3 is 2.50 bits per heavy atom. The summed E-state index contributed by atoms with van der Waals surface area (Å²) in [5.41, 5.74) is 3.33. The fraction of sp³-hybridized carbons (Fsp3) is 0.500. The molecule has 0 aliphatic heterocycles. The quantitative estimate of drug-likeness (QED) is 0.593. The number of carbonyl (C=O) groups is 2. The molecule has 0 N–H and O–H groups in total. The summed E-state index contributed by atoms with van der Waals surface area (Å²) in [7, 11) is 0. The highest BCUT2D eigenvalue weighted by atomic mass is 16.5. The lowest BCUT2D eigenvalue weighted by Crippen LogP contribution is -2.21. The van der Waals surface area contributed by atoms with Crippen LogP contribution in [0.1, 0.15) is 29.5 Å². The minimum Gasteiger partial charge on any atom is -0.461 e. The maximum absolute atomic E-state index is 12.4. The molecule has 0 amide bonds. The van der Waals surface area contributed by atoms with E-state index in [2.05, 4.69) is 12.6 Å². The van der Waals surface area contributed by atoms with Gasteiger partial charge in [0.2, 0.25) is 0 Å². The van der Waals surface area contributed by atoms with Crippen LogP contribution in [0.4, 0.5) is 0 Å². The molecule has 24 heavy (non-hydrogen) atoms. The summed E-state index contributed by atoms with van der Waals surface area (Å²) in [4.78, 5) is 24.4. The maximum Gasteiger partial charge on any atom is 0.309 e. The maximum atomic E-state index is 12.4. The molecule has 2 aliphatic rings. The van der Waals surface area contributed by atoms with Gasteiger partial charge in [-0.15, -0.1) is 0 Å². The molecule has 2 aliphatic carbocycles. The van der Waals surface area contributed by atoms with E-state index in [-0.39, 0.29) is 36.3 Å². The predicted octanol–water partition coefficient (Wildman–Crippen LogP) is 3.35. The van der Waals surface area contributed by atoms with E-state index in [1.54, 1.807) is 6.08 Å². The third kappa shape index (κ3) is 3.37. The molecule has 0 spiro atoms. The Bertz CT molecular complexity index is 643. The second-order valence-electron chi connectivity index (χ2n) is 6.97. The van der Waals surface area contributed by atoms with E-state index in [4.69, 9.17) is 9.47 Å². The van der Waals surface area contributed by atoms with Crippen LogP contribution in [-0.4, -0.2) is 18.5 Å². The zero-order chi connectivity index (χ0) is 17.3. The van der Waals surface area contributed by atoms with Gasteiger partial charge in [-0.2, -0.15) is 0 Å². The van der Waals surface area contributed by atoms with Crippen LogP contribution >= 0.6 is 0 Å². The van der Waals surface area contributed by atoms with Crippen molar-refractivity contribution in [3.63, 3.8) is 0 Å². The Labute approximate surface area is 142 Å². The van der Waals surface area contributed by atoms with Crippen molar-refractivity contribution in [2.45, 2.75) is 33.3 Å². The predicted molar refractivity (Wildman–Crippen MR) is 90.1 cm³/mol. The summed E-state index contributed by atoms with van der Waals surface area (Å²) in [5.74, 6) is -0.271. The number of fused-ring (bicyclic) bond motifs is 1. The summed E-state index contributed by atoms with van der Waals surface area (Å²) in [6.45, 7) is 8.13. The lowest BCUT2D eigenvalue weighted by atomic mass is 10.00. The topological polar surface area (TPSA) is 52.6 Å². The van der Waals surface area contributed by atoms with Gasteiger partial charge in [0.15, 0.2) is 0 Å². The van der Waals surface area contributed by atoms with E-state index < -0.39 is 0 Å². The third-order valence-electron chi connectivity index (χ3n) is 5.09. The van der Waals surface area contributed by atoms with Crippen LogP contribution in [0, 0.1) is 37.5 Å². The highest BCUT2D eigenvalue weighted by Crippen LogP contribution is 2.61. The highest BCUT2D eigenvalue weighted by Gasteiger charge is 2.64. The van der Waals surface area contributed by atoms with E-state index in [0.717, 1.165) is 29.5 Å². The lowest BCUT2D eigenvalue weighted by Gasteiger charge is -2.14. The van der Waals surface area contributed by atoms with Crippen LogP contribution < -0.4 is 0 Å². The largest absolute Gasteiger partial charge is 0.461 e. The zero-order valence-electron chi connectivity index (χ0n) is 14.3. The van der Waals surface area contributed by atoms with Gasteiger partial charge in [-0.3, -0.25) is 9.59 Å². The van der Waals surface area contributed by atoms with E-state index >= 15 is 0 Å². The molecule has 1 aromatic rings. The Kier molecular flexibility index (Phi) is 4.74. The lowest BCUT2D eigenvalue weighted by molar-refractivity contribution is -0.151.